The van der Waals surface area contributed by atoms with Gasteiger partial charge in [-0.2, -0.15) is 0 Å². The summed E-state index contributed by atoms with van der Waals surface area (Å²) in [4.78, 5) is 25.3. The molecule has 1 atom stereocenters. The van der Waals surface area contributed by atoms with Crippen molar-refractivity contribution in [2.24, 2.45) is 5.14 Å². The Hall–Kier alpha value is -3.01. The van der Waals surface area contributed by atoms with Gasteiger partial charge in [-0.05, 0) is 49.1 Å². The summed E-state index contributed by atoms with van der Waals surface area (Å²) in [5, 5.41) is 9.41. The monoisotopic (exact) mass is 444 g/mol. The number of hydrogen-bond donors (Lipinski definition) is 2. The highest BCUT2D eigenvalue weighted by molar-refractivity contribution is 7.89. The summed E-state index contributed by atoms with van der Waals surface area (Å²) < 4.78 is 28.2. The molecule has 0 aliphatic rings. The first-order valence-electron chi connectivity index (χ1n) is 8.94. The predicted octanol–water partition coefficient (Wildman–Crippen LogP) is 3.55. The number of thiophene rings is 1. The maximum atomic E-state index is 12.6. The van der Waals surface area contributed by atoms with Crippen LogP contribution in [0, 0.1) is 6.92 Å². The zero-order chi connectivity index (χ0) is 21.9. The van der Waals surface area contributed by atoms with Crippen molar-refractivity contribution in [2.75, 3.05) is 5.32 Å². The minimum absolute atomic E-state index is 0.133. The normalized spacial score (nSPS) is 12.2. The van der Waals surface area contributed by atoms with Gasteiger partial charge in [-0.25, -0.2) is 18.4 Å². The maximum Gasteiger partial charge on any atom is 0.349 e. The zero-order valence-electron chi connectivity index (χ0n) is 16.3. The quantitative estimate of drug-likeness (QED) is 0.564. The summed E-state index contributed by atoms with van der Waals surface area (Å²) in [6, 6.07) is 15.1. The molecule has 1 unspecified atom stereocenters. The first-order valence-corrected chi connectivity index (χ1v) is 11.4. The van der Waals surface area contributed by atoms with E-state index in [4.69, 9.17) is 9.88 Å². The van der Waals surface area contributed by atoms with Crippen molar-refractivity contribution in [1.29, 1.82) is 0 Å². The van der Waals surface area contributed by atoms with Gasteiger partial charge in [0.25, 0.3) is 5.91 Å². The van der Waals surface area contributed by atoms with Crippen molar-refractivity contribution < 1.29 is 22.7 Å². The third-order valence-electron chi connectivity index (χ3n) is 4.30. The predicted molar refractivity (Wildman–Crippen MR) is 116 cm³/mol. The van der Waals surface area contributed by atoms with Gasteiger partial charge in [0.05, 0.1) is 4.90 Å². The summed E-state index contributed by atoms with van der Waals surface area (Å²) in [5.41, 5.74) is 2.95. The molecule has 0 fully saturated rings. The van der Waals surface area contributed by atoms with Gasteiger partial charge in [0.2, 0.25) is 10.0 Å². The molecule has 0 bridgehead atoms. The average molecular weight is 445 g/mol. The molecule has 0 saturated heterocycles. The van der Waals surface area contributed by atoms with Crippen molar-refractivity contribution in [1.82, 2.24) is 0 Å². The Kier molecular flexibility index (Phi) is 6.35. The van der Waals surface area contributed by atoms with Gasteiger partial charge in [-0.15, -0.1) is 11.3 Å². The van der Waals surface area contributed by atoms with Crippen LogP contribution in [0.4, 0.5) is 5.69 Å². The lowest BCUT2D eigenvalue weighted by Crippen LogP contribution is -2.30. The Morgan fingerprint density at radius 1 is 1.10 bits per heavy atom. The highest BCUT2D eigenvalue weighted by Gasteiger charge is 2.23. The maximum absolute atomic E-state index is 12.6. The Balaban J connectivity index is 1.70. The van der Waals surface area contributed by atoms with E-state index in [0.717, 1.165) is 16.7 Å². The molecule has 0 aliphatic carbocycles. The molecule has 0 radical (unpaired) electrons. The fourth-order valence-electron chi connectivity index (χ4n) is 2.69. The van der Waals surface area contributed by atoms with Crippen LogP contribution >= 0.6 is 11.3 Å². The summed E-state index contributed by atoms with van der Waals surface area (Å²) in [7, 11) is -3.90. The molecular weight excluding hydrogens is 424 g/mol. The van der Waals surface area contributed by atoms with Crippen LogP contribution in [0.3, 0.4) is 0 Å². The largest absolute Gasteiger partial charge is 0.448 e. The number of amides is 1. The summed E-state index contributed by atoms with van der Waals surface area (Å²) in [5.74, 6) is -1.20. The number of benzene rings is 2. The molecule has 1 heterocycles. The molecule has 156 valence electrons. The van der Waals surface area contributed by atoms with Crippen molar-refractivity contribution in [3.8, 4) is 11.1 Å². The number of aryl methyl sites for hydroxylation is 1. The van der Waals surface area contributed by atoms with E-state index in [2.05, 4.69) is 5.32 Å². The van der Waals surface area contributed by atoms with Crippen molar-refractivity contribution in [3.63, 3.8) is 0 Å². The fourth-order valence-corrected chi connectivity index (χ4v) is 4.05. The van der Waals surface area contributed by atoms with Gasteiger partial charge in [-0.3, -0.25) is 4.79 Å². The van der Waals surface area contributed by atoms with Gasteiger partial charge in [0, 0.05) is 11.3 Å². The number of rotatable bonds is 6. The number of hydrogen-bond acceptors (Lipinski definition) is 6. The van der Waals surface area contributed by atoms with E-state index in [9.17, 15) is 18.0 Å². The second-order valence-corrected chi connectivity index (χ2v) is 9.12. The SMILES string of the molecule is Cc1ccc(-c2ccsc2C(=O)OC(C)C(=O)Nc2cccc(S(N)(=O)=O)c2)cc1. The van der Waals surface area contributed by atoms with Crippen LogP contribution in [0.1, 0.15) is 22.2 Å². The second kappa shape index (κ2) is 8.78. The average Bonchev–Trinajstić information content (AvgIpc) is 3.18. The zero-order valence-corrected chi connectivity index (χ0v) is 17.9. The fraction of sp³-hybridized carbons (Fsp3) is 0.143. The van der Waals surface area contributed by atoms with E-state index in [1.165, 1.54) is 42.5 Å². The first-order chi connectivity index (χ1) is 14.1. The number of nitrogens with two attached hydrogens (primary N) is 1. The highest BCUT2D eigenvalue weighted by Crippen LogP contribution is 2.29. The van der Waals surface area contributed by atoms with Crippen LogP contribution in [-0.4, -0.2) is 26.4 Å². The number of anilines is 1. The lowest BCUT2D eigenvalue weighted by Gasteiger charge is -2.14. The van der Waals surface area contributed by atoms with Crippen LogP contribution in [0.5, 0.6) is 0 Å². The number of carbonyl (C=O) groups excluding carboxylic acids is 2. The number of ether oxygens (including phenoxy) is 1. The van der Waals surface area contributed by atoms with E-state index in [0.29, 0.717) is 4.88 Å². The van der Waals surface area contributed by atoms with Crippen LogP contribution in [0.15, 0.2) is 64.9 Å². The van der Waals surface area contributed by atoms with E-state index in [1.54, 1.807) is 5.38 Å². The van der Waals surface area contributed by atoms with Gasteiger partial charge in [0.1, 0.15) is 4.88 Å². The molecule has 7 nitrogen and oxygen atoms in total. The molecule has 2 aromatic carbocycles. The van der Waals surface area contributed by atoms with Crippen molar-refractivity contribution >= 4 is 38.9 Å². The molecular formula is C21H20N2O5S2. The van der Waals surface area contributed by atoms with E-state index in [1.807, 2.05) is 37.3 Å². The Bertz CT molecular complexity index is 1180. The molecule has 3 rings (SSSR count). The molecule has 0 spiro atoms. The van der Waals surface area contributed by atoms with Gasteiger partial charge >= 0.3 is 5.97 Å². The molecule has 3 aromatic rings. The van der Waals surface area contributed by atoms with Crippen molar-refractivity contribution in [3.05, 3.63) is 70.4 Å². The summed E-state index contributed by atoms with van der Waals surface area (Å²) in [6.45, 7) is 3.42. The third kappa shape index (κ3) is 5.12. The van der Waals surface area contributed by atoms with E-state index < -0.39 is 28.0 Å². The molecule has 1 aromatic heterocycles. The number of nitrogens with one attached hydrogen (secondary N) is 1. The Morgan fingerprint density at radius 3 is 2.47 bits per heavy atom. The Morgan fingerprint density at radius 2 is 1.80 bits per heavy atom. The number of sulfonamides is 1. The van der Waals surface area contributed by atoms with Crippen LogP contribution in [0.2, 0.25) is 0 Å². The van der Waals surface area contributed by atoms with Gasteiger partial charge < -0.3 is 10.1 Å². The molecule has 30 heavy (non-hydrogen) atoms. The van der Waals surface area contributed by atoms with Crippen LogP contribution < -0.4 is 10.5 Å². The highest BCUT2D eigenvalue weighted by atomic mass is 32.2. The first kappa shape index (κ1) is 21.7. The molecule has 0 aliphatic heterocycles. The lowest BCUT2D eigenvalue weighted by molar-refractivity contribution is -0.123. The standard InChI is InChI=1S/C21H20N2O5S2/c1-13-6-8-15(9-7-13)18-10-11-29-19(18)21(25)28-14(2)20(24)23-16-4-3-5-17(12-16)30(22,26)27/h3-12,14H,1-2H3,(H,23,24)(H2,22,26,27). The molecule has 1 amide bonds. The minimum Gasteiger partial charge on any atom is -0.448 e. The van der Waals surface area contributed by atoms with Crippen LogP contribution in [-0.2, 0) is 19.6 Å². The van der Waals surface area contributed by atoms with Crippen molar-refractivity contribution in [2.45, 2.75) is 24.8 Å². The third-order valence-corrected chi connectivity index (χ3v) is 6.10. The molecule has 3 N–H and O–H groups in total. The molecule has 0 saturated carbocycles. The summed E-state index contributed by atoms with van der Waals surface area (Å²) in [6.07, 6.45) is -1.09. The summed E-state index contributed by atoms with van der Waals surface area (Å²) >= 11 is 1.23. The lowest BCUT2D eigenvalue weighted by atomic mass is 10.1. The second-order valence-electron chi connectivity index (χ2n) is 6.64. The van der Waals surface area contributed by atoms with Gasteiger partial charge in [-0.1, -0.05) is 35.9 Å². The Labute approximate surface area is 178 Å². The van der Waals surface area contributed by atoms with E-state index >= 15 is 0 Å². The molecule has 9 heteroatoms. The van der Waals surface area contributed by atoms with Gasteiger partial charge in [0.15, 0.2) is 6.10 Å². The smallest absolute Gasteiger partial charge is 0.349 e. The topological polar surface area (TPSA) is 116 Å². The van der Waals surface area contributed by atoms with Crippen LogP contribution in [0.25, 0.3) is 11.1 Å². The number of carbonyl (C=O) groups is 2. The number of esters is 1. The minimum atomic E-state index is -3.90. The number of primary sulfonamides is 1. The van der Waals surface area contributed by atoms with E-state index in [-0.39, 0.29) is 10.6 Å².